The van der Waals surface area contributed by atoms with Crippen LogP contribution in [0.4, 0.5) is 23.7 Å². The average Bonchev–Trinajstić information content (AvgIpc) is 2.39. The van der Waals surface area contributed by atoms with Crippen LogP contribution in [0, 0.1) is 6.92 Å². The monoisotopic (exact) mass is 304 g/mol. The fourth-order valence-electron chi connectivity index (χ4n) is 1.91. The molecule has 0 bridgehead atoms. The Hall–Kier alpha value is -1.76. The Labute approximate surface area is 121 Å². The van der Waals surface area contributed by atoms with Crippen molar-refractivity contribution < 1.29 is 23.1 Å². The van der Waals surface area contributed by atoms with Gasteiger partial charge in [0.25, 0.3) is 0 Å². The average molecular weight is 304 g/mol. The topological polar surface area (TPSA) is 52.6 Å². The molecular formula is C14H19F3N2O2. The smallest absolute Gasteiger partial charge is 0.395 e. The fourth-order valence-corrected chi connectivity index (χ4v) is 1.91. The van der Waals surface area contributed by atoms with Crippen LogP contribution >= 0.6 is 0 Å². The van der Waals surface area contributed by atoms with Crippen molar-refractivity contribution in [3.8, 4) is 0 Å². The molecule has 2 amide bonds. The minimum Gasteiger partial charge on any atom is -0.395 e. The third kappa shape index (κ3) is 4.93. The van der Waals surface area contributed by atoms with E-state index in [9.17, 15) is 18.0 Å². The highest BCUT2D eigenvalue weighted by Crippen LogP contribution is 2.33. The van der Waals surface area contributed by atoms with Crippen molar-refractivity contribution in [2.45, 2.75) is 26.4 Å². The molecular weight excluding hydrogens is 285 g/mol. The summed E-state index contributed by atoms with van der Waals surface area (Å²) < 4.78 is 38.4. The van der Waals surface area contributed by atoms with Crippen LogP contribution in [0.25, 0.3) is 0 Å². The van der Waals surface area contributed by atoms with Gasteiger partial charge in [0.15, 0.2) is 0 Å². The number of benzene rings is 1. The number of aliphatic hydroxyl groups excluding tert-OH is 1. The lowest BCUT2D eigenvalue weighted by atomic mass is 10.1. The molecule has 0 spiro atoms. The van der Waals surface area contributed by atoms with Crippen molar-refractivity contribution in [3.05, 3.63) is 29.3 Å². The number of carbonyl (C=O) groups excluding carboxylic acids is 1. The molecule has 0 saturated carbocycles. The van der Waals surface area contributed by atoms with E-state index in [0.29, 0.717) is 13.0 Å². The molecule has 7 heteroatoms. The van der Waals surface area contributed by atoms with Gasteiger partial charge in [0.05, 0.1) is 12.2 Å². The van der Waals surface area contributed by atoms with E-state index < -0.39 is 17.8 Å². The third-order valence-electron chi connectivity index (χ3n) is 2.94. The standard InChI is InChI=1S/C14H19F3N2O2/c1-3-6-19(7-8-20)13(21)18-11-5-4-10(2)12(9-11)14(15,16)17/h4-5,9,20H,3,6-8H2,1-2H3,(H,18,21). The number of alkyl halides is 3. The van der Waals surface area contributed by atoms with Crippen molar-refractivity contribution in [1.82, 2.24) is 4.90 Å². The summed E-state index contributed by atoms with van der Waals surface area (Å²) in [5, 5.41) is 11.3. The van der Waals surface area contributed by atoms with Crippen molar-refractivity contribution in [2.75, 3.05) is 25.0 Å². The largest absolute Gasteiger partial charge is 0.416 e. The molecule has 0 aliphatic rings. The number of anilines is 1. The lowest BCUT2D eigenvalue weighted by Crippen LogP contribution is -2.37. The van der Waals surface area contributed by atoms with Crippen molar-refractivity contribution in [3.63, 3.8) is 0 Å². The Bertz CT molecular complexity index is 484. The SMILES string of the molecule is CCCN(CCO)C(=O)Nc1ccc(C)c(C(F)(F)F)c1. The zero-order chi connectivity index (χ0) is 16.0. The van der Waals surface area contributed by atoms with Gasteiger partial charge in [-0.1, -0.05) is 13.0 Å². The number of nitrogens with zero attached hydrogens (tertiary/aromatic N) is 1. The van der Waals surface area contributed by atoms with E-state index in [4.69, 9.17) is 5.11 Å². The van der Waals surface area contributed by atoms with E-state index in [1.54, 1.807) is 0 Å². The molecule has 4 nitrogen and oxygen atoms in total. The second-order valence-electron chi connectivity index (χ2n) is 4.67. The molecule has 0 aromatic heterocycles. The number of nitrogens with one attached hydrogen (secondary N) is 1. The summed E-state index contributed by atoms with van der Waals surface area (Å²) in [7, 11) is 0. The number of urea groups is 1. The van der Waals surface area contributed by atoms with Crippen LogP contribution in [0.2, 0.25) is 0 Å². The highest BCUT2D eigenvalue weighted by molar-refractivity contribution is 5.89. The summed E-state index contributed by atoms with van der Waals surface area (Å²) >= 11 is 0. The van der Waals surface area contributed by atoms with E-state index >= 15 is 0 Å². The van der Waals surface area contributed by atoms with Crippen LogP contribution < -0.4 is 5.32 Å². The van der Waals surface area contributed by atoms with Gasteiger partial charge in [-0.3, -0.25) is 0 Å². The number of rotatable bonds is 5. The predicted octanol–water partition coefficient (Wildman–Crippen LogP) is 3.25. The van der Waals surface area contributed by atoms with Crippen molar-refractivity contribution in [2.24, 2.45) is 0 Å². The molecule has 0 fully saturated rings. The summed E-state index contributed by atoms with van der Waals surface area (Å²) in [6.07, 6.45) is -3.77. The molecule has 0 atom stereocenters. The molecule has 0 aliphatic carbocycles. The van der Waals surface area contributed by atoms with Crippen LogP contribution in [0.15, 0.2) is 18.2 Å². The fraction of sp³-hybridized carbons (Fsp3) is 0.500. The van der Waals surface area contributed by atoms with Crippen molar-refractivity contribution >= 4 is 11.7 Å². The number of amides is 2. The molecule has 118 valence electrons. The van der Waals surface area contributed by atoms with Gasteiger partial charge in [0, 0.05) is 18.8 Å². The third-order valence-corrected chi connectivity index (χ3v) is 2.94. The van der Waals surface area contributed by atoms with Crippen molar-refractivity contribution in [1.29, 1.82) is 0 Å². The van der Waals surface area contributed by atoms with Crippen LogP contribution in [-0.4, -0.2) is 35.7 Å². The van der Waals surface area contributed by atoms with Gasteiger partial charge in [-0.15, -0.1) is 0 Å². The maximum Gasteiger partial charge on any atom is 0.416 e. The summed E-state index contributed by atoms with van der Waals surface area (Å²) in [5.74, 6) is 0. The number of hydrogen-bond acceptors (Lipinski definition) is 2. The minimum atomic E-state index is -4.46. The van der Waals surface area contributed by atoms with E-state index in [2.05, 4.69) is 5.32 Å². The van der Waals surface area contributed by atoms with Gasteiger partial charge in [-0.25, -0.2) is 4.79 Å². The molecule has 2 N–H and O–H groups in total. The quantitative estimate of drug-likeness (QED) is 0.877. The second-order valence-corrected chi connectivity index (χ2v) is 4.67. The minimum absolute atomic E-state index is 0.0805. The lowest BCUT2D eigenvalue weighted by molar-refractivity contribution is -0.138. The molecule has 1 aromatic carbocycles. The first-order chi connectivity index (χ1) is 9.79. The maximum atomic E-state index is 12.8. The molecule has 21 heavy (non-hydrogen) atoms. The number of aliphatic hydroxyl groups is 1. The van der Waals surface area contributed by atoms with Gasteiger partial charge in [-0.05, 0) is 31.0 Å². The summed E-state index contributed by atoms with van der Waals surface area (Å²) in [6, 6.07) is 3.12. The molecule has 1 aromatic rings. The maximum absolute atomic E-state index is 12.8. The van der Waals surface area contributed by atoms with Gasteiger partial charge in [0.1, 0.15) is 0 Å². The number of carbonyl (C=O) groups is 1. The van der Waals surface area contributed by atoms with Crippen LogP contribution in [-0.2, 0) is 6.18 Å². The normalized spacial score (nSPS) is 11.3. The van der Waals surface area contributed by atoms with Crippen LogP contribution in [0.5, 0.6) is 0 Å². The molecule has 0 saturated heterocycles. The molecule has 0 unspecified atom stereocenters. The zero-order valence-electron chi connectivity index (χ0n) is 12.0. The zero-order valence-corrected chi connectivity index (χ0v) is 12.0. The Balaban J connectivity index is 2.90. The van der Waals surface area contributed by atoms with Gasteiger partial charge in [0.2, 0.25) is 0 Å². The number of halogens is 3. The van der Waals surface area contributed by atoms with E-state index in [0.717, 1.165) is 6.07 Å². The summed E-state index contributed by atoms with van der Waals surface area (Å²) in [6.45, 7) is 3.59. The van der Waals surface area contributed by atoms with E-state index in [1.807, 2.05) is 6.92 Å². The lowest BCUT2D eigenvalue weighted by Gasteiger charge is -2.22. The Morgan fingerprint density at radius 3 is 2.52 bits per heavy atom. The van der Waals surface area contributed by atoms with Crippen LogP contribution in [0.1, 0.15) is 24.5 Å². The summed E-state index contributed by atoms with van der Waals surface area (Å²) in [5.41, 5.74) is -0.595. The predicted molar refractivity (Wildman–Crippen MR) is 74.1 cm³/mol. The van der Waals surface area contributed by atoms with E-state index in [1.165, 1.54) is 24.0 Å². The number of hydrogen-bond donors (Lipinski definition) is 2. The first-order valence-corrected chi connectivity index (χ1v) is 6.64. The second kappa shape index (κ2) is 7.31. The van der Waals surface area contributed by atoms with E-state index in [-0.39, 0.29) is 24.4 Å². The van der Waals surface area contributed by atoms with Crippen LogP contribution in [0.3, 0.4) is 0 Å². The molecule has 0 heterocycles. The highest BCUT2D eigenvalue weighted by Gasteiger charge is 2.32. The highest BCUT2D eigenvalue weighted by atomic mass is 19.4. The molecule has 0 radical (unpaired) electrons. The Morgan fingerprint density at radius 2 is 2.00 bits per heavy atom. The van der Waals surface area contributed by atoms with Gasteiger partial charge in [-0.2, -0.15) is 13.2 Å². The first kappa shape index (κ1) is 17.3. The molecule has 1 rings (SSSR count). The first-order valence-electron chi connectivity index (χ1n) is 6.64. The molecule has 0 aliphatic heterocycles. The Morgan fingerprint density at radius 1 is 1.33 bits per heavy atom. The van der Waals surface area contributed by atoms with Gasteiger partial charge >= 0.3 is 12.2 Å². The Kier molecular flexibility index (Phi) is 6.02. The number of aryl methyl sites for hydroxylation is 1. The summed E-state index contributed by atoms with van der Waals surface area (Å²) in [4.78, 5) is 13.3. The van der Waals surface area contributed by atoms with Gasteiger partial charge < -0.3 is 15.3 Å².